The molecular weight excluding hydrogens is 238 g/mol. The molecule has 0 atom stereocenters. The largest absolute Gasteiger partial charge is 0.480 e. The van der Waals surface area contributed by atoms with Gasteiger partial charge in [0.25, 0.3) is 0 Å². The van der Waals surface area contributed by atoms with Crippen molar-refractivity contribution in [2.45, 2.75) is 19.9 Å². The Balaban J connectivity index is 4.10. The van der Waals surface area contributed by atoms with E-state index in [-0.39, 0.29) is 12.6 Å². The van der Waals surface area contributed by atoms with E-state index >= 15 is 0 Å². The van der Waals surface area contributed by atoms with Crippen LogP contribution in [0.2, 0.25) is 0 Å². The van der Waals surface area contributed by atoms with Gasteiger partial charge in [-0.25, -0.2) is 4.79 Å². The summed E-state index contributed by atoms with van der Waals surface area (Å²) in [6, 6.07) is -0.416. The van der Waals surface area contributed by atoms with E-state index in [1.165, 1.54) is 4.90 Å². The summed E-state index contributed by atoms with van der Waals surface area (Å²) in [6.45, 7) is 6.88. The van der Waals surface area contributed by atoms with Crippen molar-refractivity contribution >= 4 is 17.9 Å². The van der Waals surface area contributed by atoms with Gasteiger partial charge >= 0.3 is 12.0 Å². The molecule has 3 amide bonds. The molecule has 0 saturated carbocycles. The van der Waals surface area contributed by atoms with Crippen molar-refractivity contribution in [1.82, 2.24) is 15.5 Å². The number of nitrogens with zero attached hydrogens (tertiary/aromatic N) is 1. The highest BCUT2D eigenvalue weighted by Crippen LogP contribution is 1.98. The Hall–Kier alpha value is -2.05. The van der Waals surface area contributed by atoms with E-state index in [9.17, 15) is 14.4 Å². The third kappa shape index (κ3) is 6.51. The van der Waals surface area contributed by atoms with Crippen LogP contribution in [0.3, 0.4) is 0 Å². The number of amides is 3. The Labute approximate surface area is 106 Å². The Morgan fingerprint density at radius 1 is 1.28 bits per heavy atom. The van der Waals surface area contributed by atoms with E-state index in [1.807, 2.05) is 13.8 Å². The minimum absolute atomic E-state index is 0.0231. The van der Waals surface area contributed by atoms with Gasteiger partial charge in [0.1, 0.15) is 6.54 Å². The molecule has 0 aliphatic rings. The van der Waals surface area contributed by atoms with Gasteiger partial charge in [-0.2, -0.15) is 0 Å². The van der Waals surface area contributed by atoms with Crippen molar-refractivity contribution in [2.24, 2.45) is 0 Å². The number of carboxylic acid groups (broad SMARTS) is 1. The Morgan fingerprint density at radius 2 is 1.89 bits per heavy atom. The zero-order valence-electron chi connectivity index (χ0n) is 10.6. The number of nitrogens with one attached hydrogen (secondary N) is 2. The van der Waals surface area contributed by atoms with Gasteiger partial charge in [-0.15, -0.1) is 6.58 Å². The van der Waals surface area contributed by atoms with Crippen molar-refractivity contribution in [3.63, 3.8) is 0 Å². The summed E-state index contributed by atoms with van der Waals surface area (Å²) in [7, 11) is 0. The van der Waals surface area contributed by atoms with Crippen LogP contribution in [0.15, 0.2) is 12.7 Å². The highest BCUT2D eigenvalue weighted by Gasteiger charge is 2.15. The third-order valence-corrected chi connectivity index (χ3v) is 2.05. The molecule has 0 saturated heterocycles. The summed E-state index contributed by atoms with van der Waals surface area (Å²) < 4.78 is 0. The maximum absolute atomic E-state index is 11.7. The predicted octanol–water partition coefficient (Wildman–Crippen LogP) is -0.207. The van der Waals surface area contributed by atoms with Crippen LogP contribution < -0.4 is 10.6 Å². The summed E-state index contributed by atoms with van der Waals surface area (Å²) in [5.41, 5.74) is 0. The molecule has 0 spiro atoms. The number of carbonyl (C=O) groups is 3. The first-order valence-electron chi connectivity index (χ1n) is 5.52. The maximum Gasteiger partial charge on any atom is 0.322 e. The van der Waals surface area contributed by atoms with Crippen molar-refractivity contribution in [1.29, 1.82) is 0 Å². The van der Waals surface area contributed by atoms with Crippen LogP contribution in [-0.2, 0) is 9.59 Å². The van der Waals surface area contributed by atoms with E-state index in [0.29, 0.717) is 6.54 Å². The number of carboxylic acids is 1. The van der Waals surface area contributed by atoms with Crippen LogP contribution in [0.25, 0.3) is 0 Å². The fourth-order valence-corrected chi connectivity index (χ4v) is 1.16. The van der Waals surface area contributed by atoms with Crippen LogP contribution >= 0.6 is 0 Å². The summed E-state index contributed by atoms with van der Waals surface area (Å²) in [5.74, 6) is -1.68. The first kappa shape index (κ1) is 16.0. The average Bonchev–Trinajstić information content (AvgIpc) is 2.29. The maximum atomic E-state index is 11.7. The molecular formula is C11H19N3O4. The van der Waals surface area contributed by atoms with E-state index in [1.54, 1.807) is 6.08 Å². The van der Waals surface area contributed by atoms with E-state index in [2.05, 4.69) is 17.2 Å². The molecule has 3 N–H and O–H groups in total. The number of hydrogen-bond donors (Lipinski definition) is 3. The van der Waals surface area contributed by atoms with Gasteiger partial charge in [0.2, 0.25) is 5.91 Å². The monoisotopic (exact) mass is 257 g/mol. The molecule has 0 aromatic heterocycles. The molecule has 102 valence electrons. The minimum atomic E-state index is -1.13. The number of carbonyl (C=O) groups excluding carboxylic acids is 2. The Kier molecular flexibility index (Phi) is 7.18. The second-order valence-corrected chi connectivity index (χ2v) is 3.86. The molecule has 0 aliphatic heterocycles. The fraction of sp³-hybridized carbons (Fsp3) is 0.545. The summed E-state index contributed by atoms with van der Waals surface area (Å²) in [4.78, 5) is 34.6. The number of rotatable bonds is 7. The normalized spacial score (nSPS) is 9.72. The van der Waals surface area contributed by atoms with Crippen molar-refractivity contribution in [3.8, 4) is 0 Å². The molecule has 0 fully saturated rings. The van der Waals surface area contributed by atoms with Crippen LogP contribution in [0.4, 0.5) is 4.79 Å². The number of hydrogen-bond acceptors (Lipinski definition) is 3. The lowest BCUT2D eigenvalue weighted by molar-refractivity contribution is -0.137. The topological polar surface area (TPSA) is 98.7 Å². The molecule has 0 aromatic rings. The summed E-state index contributed by atoms with van der Waals surface area (Å²) in [6.07, 6.45) is 1.59. The average molecular weight is 257 g/mol. The quantitative estimate of drug-likeness (QED) is 0.550. The zero-order chi connectivity index (χ0) is 14.1. The SMILES string of the molecule is C=CCN(C(=O)NCC(=O)NCC(=O)O)C(C)C. The van der Waals surface area contributed by atoms with E-state index in [0.717, 1.165) is 0 Å². The van der Waals surface area contributed by atoms with Crippen LogP contribution in [0, 0.1) is 0 Å². The lowest BCUT2D eigenvalue weighted by atomic mass is 10.3. The van der Waals surface area contributed by atoms with E-state index < -0.39 is 24.5 Å². The van der Waals surface area contributed by atoms with Crippen molar-refractivity contribution in [3.05, 3.63) is 12.7 Å². The molecule has 7 nitrogen and oxygen atoms in total. The van der Waals surface area contributed by atoms with Crippen molar-refractivity contribution in [2.75, 3.05) is 19.6 Å². The fourth-order valence-electron chi connectivity index (χ4n) is 1.16. The van der Waals surface area contributed by atoms with Crippen molar-refractivity contribution < 1.29 is 19.5 Å². The number of urea groups is 1. The van der Waals surface area contributed by atoms with Gasteiger partial charge in [0, 0.05) is 12.6 Å². The van der Waals surface area contributed by atoms with Crippen LogP contribution in [0.5, 0.6) is 0 Å². The number of aliphatic carboxylic acids is 1. The Bertz CT molecular complexity index is 328. The van der Waals surface area contributed by atoms with Gasteiger partial charge < -0.3 is 20.6 Å². The lowest BCUT2D eigenvalue weighted by Crippen LogP contribution is -2.47. The standard InChI is InChI=1S/C11H19N3O4/c1-4-5-14(8(2)3)11(18)13-6-9(15)12-7-10(16)17/h4,8H,1,5-7H2,2-3H3,(H,12,15)(H,13,18)(H,16,17). The summed E-state index contributed by atoms with van der Waals surface area (Å²) in [5, 5.41) is 12.9. The second kappa shape index (κ2) is 8.10. The highest BCUT2D eigenvalue weighted by molar-refractivity contribution is 5.86. The van der Waals surface area contributed by atoms with Gasteiger partial charge in [-0.05, 0) is 13.8 Å². The van der Waals surface area contributed by atoms with Crippen LogP contribution in [-0.4, -0.2) is 53.6 Å². The van der Waals surface area contributed by atoms with Gasteiger partial charge in [-0.1, -0.05) is 6.08 Å². The first-order valence-corrected chi connectivity index (χ1v) is 5.52. The smallest absolute Gasteiger partial charge is 0.322 e. The molecule has 7 heteroatoms. The molecule has 0 aliphatic carbocycles. The molecule has 0 heterocycles. The molecule has 18 heavy (non-hydrogen) atoms. The van der Waals surface area contributed by atoms with Crippen LogP contribution in [0.1, 0.15) is 13.8 Å². The molecule has 0 bridgehead atoms. The van der Waals surface area contributed by atoms with Gasteiger partial charge in [0.15, 0.2) is 0 Å². The predicted molar refractivity (Wildman–Crippen MR) is 66.1 cm³/mol. The molecule has 0 radical (unpaired) electrons. The third-order valence-electron chi connectivity index (χ3n) is 2.05. The van der Waals surface area contributed by atoms with E-state index in [4.69, 9.17) is 5.11 Å². The highest BCUT2D eigenvalue weighted by atomic mass is 16.4. The second-order valence-electron chi connectivity index (χ2n) is 3.86. The minimum Gasteiger partial charge on any atom is -0.480 e. The molecule has 0 rings (SSSR count). The molecule has 0 unspecified atom stereocenters. The Morgan fingerprint density at radius 3 is 2.33 bits per heavy atom. The van der Waals surface area contributed by atoms with Gasteiger partial charge in [-0.3, -0.25) is 9.59 Å². The van der Waals surface area contributed by atoms with Gasteiger partial charge in [0.05, 0.1) is 6.54 Å². The first-order chi connectivity index (χ1) is 8.38. The lowest BCUT2D eigenvalue weighted by Gasteiger charge is -2.25. The zero-order valence-corrected chi connectivity index (χ0v) is 10.6. The summed E-state index contributed by atoms with van der Waals surface area (Å²) >= 11 is 0. The molecule has 0 aromatic carbocycles.